The summed E-state index contributed by atoms with van der Waals surface area (Å²) < 4.78 is 0. The van der Waals surface area contributed by atoms with Crippen molar-refractivity contribution in [3.05, 3.63) is 0 Å². The summed E-state index contributed by atoms with van der Waals surface area (Å²) in [5, 5.41) is 10.7. The zero-order chi connectivity index (χ0) is 14.1. The summed E-state index contributed by atoms with van der Waals surface area (Å²) in [4.78, 5) is 47.0. The van der Waals surface area contributed by atoms with Crippen LogP contribution in [0.25, 0.3) is 0 Å². The highest BCUT2D eigenvalue weighted by Gasteiger charge is 2.50. The first kappa shape index (κ1) is 14.1. The number of urea groups is 1. The first-order valence-electron chi connectivity index (χ1n) is 5.61. The van der Waals surface area contributed by atoms with E-state index in [2.05, 4.69) is 5.32 Å². The average molecular weight is 256 g/mol. The van der Waals surface area contributed by atoms with Crippen molar-refractivity contribution in [2.75, 3.05) is 0 Å². The van der Waals surface area contributed by atoms with Gasteiger partial charge in [-0.1, -0.05) is 0 Å². The second-order valence-electron chi connectivity index (χ2n) is 4.75. The van der Waals surface area contributed by atoms with Gasteiger partial charge in [-0.15, -0.1) is 0 Å². The van der Waals surface area contributed by atoms with E-state index in [9.17, 15) is 19.2 Å². The number of carboxylic acid groups (broad SMARTS) is 1. The highest BCUT2D eigenvalue weighted by Crippen LogP contribution is 2.30. The molecule has 7 heteroatoms. The van der Waals surface area contributed by atoms with Gasteiger partial charge in [-0.05, 0) is 27.2 Å². The number of amides is 4. The van der Waals surface area contributed by atoms with E-state index >= 15 is 0 Å². The van der Waals surface area contributed by atoms with Gasteiger partial charge in [-0.25, -0.2) is 4.79 Å². The minimum Gasteiger partial charge on any atom is -0.481 e. The van der Waals surface area contributed by atoms with Crippen molar-refractivity contribution in [2.45, 2.75) is 39.7 Å². The van der Waals surface area contributed by atoms with Crippen molar-refractivity contribution in [2.24, 2.45) is 5.41 Å². The molecule has 1 atom stereocenters. The molecule has 18 heavy (non-hydrogen) atoms. The smallest absolute Gasteiger partial charge is 0.331 e. The Morgan fingerprint density at radius 1 is 1.39 bits per heavy atom. The molecule has 0 bridgehead atoms. The molecular formula is C11H16N2O5. The summed E-state index contributed by atoms with van der Waals surface area (Å²) in [6, 6.07) is -1.15. The molecule has 1 aliphatic rings. The Hall–Kier alpha value is -1.92. The first-order valence-corrected chi connectivity index (χ1v) is 5.61. The van der Waals surface area contributed by atoms with E-state index in [1.165, 1.54) is 6.92 Å². The molecule has 1 unspecified atom stereocenters. The van der Waals surface area contributed by atoms with E-state index < -0.39 is 35.3 Å². The monoisotopic (exact) mass is 256 g/mol. The third kappa shape index (κ3) is 2.34. The number of barbiturate groups is 1. The highest BCUT2D eigenvalue weighted by atomic mass is 16.4. The molecule has 0 aliphatic carbocycles. The molecule has 4 amide bonds. The number of imide groups is 2. The van der Waals surface area contributed by atoms with Crippen molar-refractivity contribution >= 4 is 23.8 Å². The van der Waals surface area contributed by atoms with E-state index in [1.54, 1.807) is 13.8 Å². The number of nitrogens with one attached hydrogen (secondary N) is 1. The molecule has 0 spiro atoms. The van der Waals surface area contributed by atoms with Crippen molar-refractivity contribution < 1.29 is 24.3 Å². The lowest BCUT2D eigenvalue weighted by atomic mass is 9.81. The van der Waals surface area contributed by atoms with Gasteiger partial charge in [0, 0.05) is 12.5 Å². The summed E-state index contributed by atoms with van der Waals surface area (Å²) in [6.07, 6.45) is -0.445. The lowest BCUT2D eigenvalue weighted by molar-refractivity contribution is -0.152. The van der Waals surface area contributed by atoms with Crippen LogP contribution in [-0.4, -0.2) is 39.9 Å². The van der Waals surface area contributed by atoms with Crippen molar-refractivity contribution in [3.8, 4) is 0 Å². The fourth-order valence-electron chi connectivity index (χ4n) is 1.80. The van der Waals surface area contributed by atoms with E-state index in [-0.39, 0.29) is 12.8 Å². The molecule has 0 saturated carbocycles. The average Bonchev–Trinajstić information content (AvgIpc) is 2.23. The normalized spacial score (nSPS) is 24.4. The number of aliphatic carboxylic acids is 1. The van der Waals surface area contributed by atoms with Crippen LogP contribution in [0.4, 0.5) is 4.79 Å². The summed E-state index contributed by atoms with van der Waals surface area (Å²) in [7, 11) is 0. The third-order valence-electron chi connectivity index (χ3n) is 2.99. The number of carboxylic acids is 1. The van der Waals surface area contributed by atoms with Crippen LogP contribution in [0.3, 0.4) is 0 Å². The van der Waals surface area contributed by atoms with Crippen molar-refractivity contribution in [1.29, 1.82) is 0 Å². The van der Waals surface area contributed by atoms with Gasteiger partial charge < -0.3 is 5.11 Å². The fourth-order valence-corrected chi connectivity index (χ4v) is 1.80. The number of hydrogen-bond donors (Lipinski definition) is 2. The Morgan fingerprint density at radius 2 is 1.94 bits per heavy atom. The Bertz CT molecular complexity index is 418. The number of carbonyl (C=O) groups is 4. The number of nitrogens with zero attached hydrogens (tertiary/aromatic N) is 1. The van der Waals surface area contributed by atoms with E-state index in [0.717, 1.165) is 4.90 Å². The Balaban J connectivity index is 3.02. The SMILES string of the molecule is CC(C)N1C(=O)NC(=O)C(C)(CCC(=O)O)C1=O. The van der Waals surface area contributed by atoms with Crippen LogP contribution in [0.5, 0.6) is 0 Å². The van der Waals surface area contributed by atoms with Crippen LogP contribution in [-0.2, 0) is 14.4 Å². The van der Waals surface area contributed by atoms with Gasteiger partial charge in [0.15, 0.2) is 0 Å². The van der Waals surface area contributed by atoms with Gasteiger partial charge in [0.1, 0.15) is 5.41 Å². The van der Waals surface area contributed by atoms with Gasteiger partial charge in [0.2, 0.25) is 11.8 Å². The van der Waals surface area contributed by atoms with Gasteiger partial charge >= 0.3 is 12.0 Å². The quantitative estimate of drug-likeness (QED) is 0.706. The summed E-state index contributed by atoms with van der Waals surface area (Å²) in [6.45, 7) is 4.64. The molecule has 7 nitrogen and oxygen atoms in total. The fraction of sp³-hybridized carbons (Fsp3) is 0.636. The van der Waals surface area contributed by atoms with Crippen LogP contribution < -0.4 is 5.32 Å². The van der Waals surface area contributed by atoms with Crippen LogP contribution in [0.15, 0.2) is 0 Å². The maximum absolute atomic E-state index is 12.2. The van der Waals surface area contributed by atoms with E-state index in [0.29, 0.717) is 0 Å². The van der Waals surface area contributed by atoms with Gasteiger partial charge in [-0.2, -0.15) is 0 Å². The minimum absolute atomic E-state index is 0.135. The molecule has 100 valence electrons. The summed E-state index contributed by atoms with van der Waals surface area (Å²) >= 11 is 0. The third-order valence-corrected chi connectivity index (χ3v) is 2.99. The molecule has 1 rings (SSSR count). The Kier molecular flexibility index (Phi) is 3.73. The van der Waals surface area contributed by atoms with Gasteiger partial charge in [0.25, 0.3) is 0 Å². The molecule has 1 aliphatic heterocycles. The molecule has 1 fully saturated rings. The summed E-state index contributed by atoms with van der Waals surface area (Å²) in [5.41, 5.74) is -1.50. The van der Waals surface area contributed by atoms with E-state index in [1.807, 2.05) is 0 Å². The molecule has 0 aromatic heterocycles. The molecular weight excluding hydrogens is 240 g/mol. The zero-order valence-corrected chi connectivity index (χ0v) is 10.5. The van der Waals surface area contributed by atoms with Crippen molar-refractivity contribution in [1.82, 2.24) is 10.2 Å². The largest absolute Gasteiger partial charge is 0.481 e. The van der Waals surface area contributed by atoms with Crippen LogP contribution >= 0.6 is 0 Å². The maximum Gasteiger partial charge on any atom is 0.331 e. The molecule has 2 N–H and O–H groups in total. The Morgan fingerprint density at radius 3 is 2.39 bits per heavy atom. The zero-order valence-electron chi connectivity index (χ0n) is 10.5. The second-order valence-corrected chi connectivity index (χ2v) is 4.75. The molecule has 0 radical (unpaired) electrons. The minimum atomic E-state index is -1.50. The lowest BCUT2D eigenvalue weighted by Gasteiger charge is -2.38. The van der Waals surface area contributed by atoms with Gasteiger partial charge in [0.05, 0.1) is 0 Å². The summed E-state index contributed by atoms with van der Waals surface area (Å²) in [5.74, 6) is -2.48. The molecule has 1 saturated heterocycles. The maximum atomic E-state index is 12.2. The molecule has 0 aromatic rings. The Labute approximate surface area is 104 Å². The predicted molar refractivity (Wildman–Crippen MR) is 60.5 cm³/mol. The predicted octanol–water partition coefficient (Wildman–Crippen LogP) is 0.344. The molecule has 0 aromatic carbocycles. The standard InChI is InChI=1S/C11H16N2O5/c1-6(2)13-9(17)11(3,5-4-7(14)15)8(16)12-10(13)18/h6H,4-5H2,1-3H3,(H,14,15)(H,12,16,18). The van der Waals surface area contributed by atoms with E-state index in [4.69, 9.17) is 5.11 Å². The second kappa shape index (κ2) is 4.75. The number of hydrogen-bond acceptors (Lipinski definition) is 4. The lowest BCUT2D eigenvalue weighted by Crippen LogP contribution is -2.64. The first-order chi connectivity index (χ1) is 8.20. The van der Waals surface area contributed by atoms with Gasteiger partial charge in [-0.3, -0.25) is 24.6 Å². The molecule has 1 heterocycles. The van der Waals surface area contributed by atoms with Crippen LogP contribution in [0.2, 0.25) is 0 Å². The number of rotatable bonds is 4. The van der Waals surface area contributed by atoms with Crippen molar-refractivity contribution in [3.63, 3.8) is 0 Å². The van der Waals surface area contributed by atoms with Crippen LogP contribution in [0.1, 0.15) is 33.6 Å². The number of carbonyl (C=O) groups excluding carboxylic acids is 3. The topological polar surface area (TPSA) is 104 Å². The van der Waals surface area contributed by atoms with Crippen LogP contribution in [0, 0.1) is 5.41 Å². The highest BCUT2D eigenvalue weighted by molar-refractivity contribution is 6.19.